The van der Waals surface area contributed by atoms with Crippen LogP contribution in [0.3, 0.4) is 0 Å². The summed E-state index contributed by atoms with van der Waals surface area (Å²) in [4.78, 5) is 15.0. The quantitative estimate of drug-likeness (QED) is 0.801. The van der Waals surface area contributed by atoms with Gasteiger partial charge in [-0.15, -0.1) is 0 Å². The number of ether oxygens (including phenoxy) is 1. The first-order valence-corrected chi connectivity index (χ1v) is 8.12. The summed E-state index contributed by atoms with van der Waals surface area (Å²) < 4.78 is 5.34. The Labute approximate surface area is 137 Å². The topological polar surface area (TPSA) is 29.5 Å². The lowest BCUT2D eigenvalue weighted by Gasteiger charge is -2.31. The van der Waals surface area contributed by atoms with E-state index < -0.39 is 0 Å². The van der Waals surface area contributed by atoms with Gasteiger partial charge in [0.25, 0.3) is 0 Å². The lowest BCUT2D eigenvalue weighted by molar-refractivity contribution is 0.0998. The van der Waals surface area contributed by atoms with Crippen LogP contribution in [0.15, 0.2) is 36.4 Å². The summed E-state index contributed by atoms with van der Waals surface area (Å²) in [6.07, 6.45) is 2.20. The monoisotopic (exact) mass is 309 g/mol. The van der Waals surface area contributed by atoms with Crippen LogP contribution in [-0.2, 0) is 6.42 Å². The van der Waals surface area contributed by atoms with E-state index in [4.69, 9.17) is 4.74 Å². The Kier molecular flexibility index (Phi) is 4.37. The molecule has 0 amide bonds. The molecule has 3 nitrogen and oxygen atoms in total. The molecule has 0 atom stereocenters. The Hall–Kier alpha value is -2.29. The second-order valence-electron chi connectivity index (χ2n) is 6.14. The molecule has 3 heteroatoms. The third-order valence-electron chi connectivity index (χ3n) is 4.80. The van der Waals surface area contributed by atoms with Crippen molar-refractivity contribution < 1.29 is 9.53 Å². The molecule has 0 aromatic heterocycles. The van der Waals surface area contributed by atoms with E-state index in [1.54, 1.807) is 7.11 Å². The summed E-state index contributed by atoms with van der Waals surface area (Å²) in [5.41, 5.74) is 5.40. The largest absolute Gasteiger partial charge is 0.496 e. The molecule has 2 aromatic rings. The average molecular weight is 309 g/mol. The van der Waals surface area contributed by atoms with Crippen molar-refractivity contribution in [3.63, 3.8) is 0 Å². The van der Waals surface area contributed by atoms with Crippen molar-refractivity contribution in [1.29, 1.82) is 0 Å². The van der Waals surface area contributed by atoms with E-state index in [1.165, 1.54) is 11.3 Å². The van der Waals surface area contributed by atoms with Crippen LogP contribution in [-0.4, -0.2) is 26.0 Å². The van der Waals surface area contributed by atoms with Crippen molar-refractivity contribution in [1.82, 2.24) is 0 Å². The van der Waals surface area contributed by atoms with Gasteiger partial charge >= 0.3 is 0 Å². The molecule has 1 heterocycles. The molecular weight excluding hydrogens is 286 g/mol. The van der Waals surface area contributed by atoms with Crippen LogP contribution in [0.5, 0.6) is 5.75 Å². The van der Waals surface area contributed by atoms with Gasteiger partial charge in [0.2, 0.25) is 0 Å². The number of rotatable bonds is 4. The Morgan fingerprint density at radius 2 is 1.91 bits per heavy atom. The number of carbonyl (C=O) groups excluding carboxylic acids is 1. The Balaban J connectivity index is 1.85. The van der Waals surface area contributed by atoms with Gasteiger partial charge in [-0.2, -0.15) is 0 Å². The van der Waals surface area contributed by atoms with Gasteiger partial charge in [-0.3, -0.25) is 4.79 Å². The first-order valence-electron chi connectivity index (χ1n) is 8.12. The van der Waals surface area contributed by atoms with Gasteiger partial charge in [0.15, 0.2) is 5.78 Å². The fourth-order valence-electron chi connectivity index (χ4n) is 3.35. The molecule has 0 fully saturated rings. The molecule has 0 saturated carbocycles. The predicted octanol–water partition coefficient (Wildman–Crippen LogP) is 3.95. The minimum atomic E-state index is 0.171. The number of Topliss-reactive ketones (excluding diaryl/α,β-unsaturated/α-hetero) is 1. The van der Waals surface area contributed by atoms with Crippen LogP contribution in [0.4, 0.5) is 5.69 Å². The van der Waals surface area contributed by atoms with E-state index in [2.05, 4.69) is 23.1 Å². The molecule has 3 rings (SSSR count). The lowest BCUT2D eigenvalue weighted by Crippen LogP contribution is -2.34. The first kappa shape index (κ1) is 15.6. The highest BCUT2D eigenvalue weighted by molar-refractivity contribution is 6.01. The van der Waals surface area contributed by atoms with Gasteiger partial charge in [-0.1, -0.05) is 18.2 Å². The average Bonchev–Trinajstić information content (AvgIpc) is 2.57. The van der Waals surface area contributed by atoms with Crippen LogP contribution < -0.4 is 9.64 Å². The van der Waals surface area contributed by atoms with Crippen molar-refractivity contribution in [2.45, 2.75) is 26.7 Å². The standard InChI is InChI=1S/C20H23NO2/c1-14-15(2)20(23-3)11-10-17(14)19(22)13-21-12-6-8-16-7-4-5-9-18(16)21/h4-5,7,9-11H,6,8,12-13H2,1-3H3. The third kappa shape index (κ3) is 2.96. The summed E-state index contributed by atoms with van der Waals surface area (Å²) in [6.45, 7) is 5.37. The number of methoxy groups -OCH3 is 1. The molecule has 1 aliphatic rings. The Morgan fingerprint density at radius 1 is 1.13 bits per heavy atom. The molecule has 0 spiro atoms. The zero-order valence-corrected chi connectivity index (χ0v) is 14.1. The van der Waals surface area contributed by atoms with E-state index in [9.17, 15) is 4.79 Å². The molecular formula is C20H23NO2. The van der Waals surface area contributed by atoms with Crippen molar-refractivity contribution >= 4 is 11.5 Å². The summed E-state index contributed by atoms with van der Waals surface area (Å²) >= 11 is 0. The molecule has 0 bridgehead atoms. The maximum absolute atomic E-state index is 12.8. The summed E-state index contributed by atoms with van der Waals surface area (Å²) in [5, 5.41) is 0. The number of anilines is 1. The van der Waals surface area contributed by atoms with Crippen LogP contribution in [0, 0.1) is 13.8 Å². The van der Waals surface area contributed by atoms with E-state index >= 15 is 0 Å². The van der Waals surface area contributed by atoms with E-state index in [0.29, 0.717) is 6.54 Å². The van der Waals surface area contributed by atoms with Gasteiger partial charge in [0, 0.05) is 17.8 Å². The number of para-hydroxylation sites is 1. The van der Waals surface area contributed by atoms with Crippen molar-refractivity contribution in [3.05, 3.63) is 58.7 Å². The van der Waals surface area contributed by atoms with Gasteiger partial charge in [0.05, 0.1) is 13.7 Å². The second kappa shape index (κ2) is 6.45. The fraction of sp³-hybridized carbons (Fsp3) is 0.350. The molecule has 120 valence electrons. The molecule has 2 aromatic carbocycles. The minimum absolute atomic E-state index is 0.171. The smallest absolute Gasteiger partial charge is 0.182 e. The fourth-order valence-corrected chi connectivity index (χ4v) is 3.35. The number of aryl methyl sites for hydroxylation is 1. The summed E-state index contributed by atoms with van der Waals surface area (Å²) in [6, 6.07) is 12.2. The van der Waals surface area contributed by atoms with Crippen LogP contribution in [0.1, 0.15) is 33.5 Å². The molecule has 23 heavy (non-hydrogen) atoms. The zero-order valence-electron chi connectivity index (χ0n) is 14.1. The van der Waals surface area contributed by atoms with Gasteiger partial charge in [-0.25, -0.2) is 0 Å². The number of nitrogens with zero attached hydrogens (tertiary/aromatic N) is 1. The third-order valence-corrected chi connectivity index (χ3v) is 4.80. The number of fused-ring (bicyclic) bond motifs is 1. The van der Waals surface area contributed by atoms with E-state index in [1.807, 2.05) is 32.0 Å². The molecule has 0 unspecified atom stereocenters. The maximum Gasteiger partial charge on any atom is 0.182 e. The second-order valence-corrected chi connectivity index (χ2v) is 6.14. The number of hydrogen-bond acceptors (Lipinski definition) is 3. The van der Waals surface area contributed by atoms with Crippen LogP contribution >= 0.6 is 0 Å². The molecule has 0 saturated heterocycles. The van der Waals surface area contributed by atoms with Crippen molar-refractivity contribution in [2.75, 3.05) is 25.1 Å². The molecule has 0 N–H and O–H groups in total. The first-order chi connectivity index (χ1) is 11.1. The highest BCUT2D eigenvalue weighted by Crippen LogP contribution is 2.28. The van der Waals surface area contributed by atoms with Crippen LogP contribution in [0.2, 0.25) is 0 Å². The molecule has 1 aliphatic heterocycles. The SMILES string of the molecule is COc1ccc(C(=O)CN2CCCc3ccccc32)c(C)c1C. The minimum Gasteiger partial charge on any atom is -0.496 e. The number of carbonyl (C=O) groups is 1. The van der Waals surface area contributed by atoms with E-state index in [0.717, 1.165) is 41.8 Å². The van der Waals surface area contributed by atoms with E-state index in [-0.39, 0.29) is 5.78 Å². The van der Waals surface area contributed by atoms with Crippen LogP contribution in [0.25, 0.3) is 0 Å². The highest BCUT2D eigenvalue weighted by atomic mass is 16.5. The van der Waals surface area contributed by atoms with Crippen molar-refractivity contribution in [2.24, 2.45) is 0 Å². The number of benzene rings is 2. The Morgan fingerprint density at radius 3 is 2.70 bits per heavy atom. The van der Waals surface area contributed by atoms with Gasteiger partial charge < -0.3 is 9.64 Å². The maximum atomic E-state index is 12.8. The Bertz CT molecular complexity index is 736. The summed E-state index contributed by atoms with van der Waals surface area (Å²) in [7, 11) is 1.66. The van der Waals surface area contributed by atoms with Gasteiger partial charge in [-0.05, 0) is 61.6 Å². The predicted molar refractivity (Wildman–Crippen MR) is 93.8 cm³/mol. The zero-order chi connectivity index (χ0) is 16.4. The highest BCUT2D eigenvalue weighted by Gasteiger charge is 2.21. The van der Waals surface area contributed by atoms with Crippen molar-refractivity contribution in [3.8, 4) is 5.75 Å². The molecule has 0 aliphatic carbocycles. The molecule has 0 radical (unpaired) electrons. The number of ketones is 1. The lowest BCUT2D eigenvalue weighted by atomic mass is 9.97. The van der Waals surface area contributed by atoms with Gasteiger partial charge in [0.1, 0.15) is 5.75 Å². The normalized spacial score (nSPS) is 13.6. The summed E-state index contributed by atoms with van der Waals surface area (Å²) in [5.74, 6) is 1.01. The number of hydrogen-bond donors (Lipinski definition) is 0.